The Morgan fingerprint density at radius 3 is 2.59 bits per heavy atom. The van der Waals surface area contributed by atoms with Gasteiger partial charge in [-0.15, -0.1) is 0 Å². The largest absolute Gasteiger partial charge is 0.488 e. The van der Waals surface area contributed by atoms with Gasteiger partial charge in [-0.1, -0.05) is 18.2 Å². The van der Waals surface area contributed by atoms with Crippen molar-refractivity contribution < 1.29 is 9.84 Å². The van der Waals surface area contributed by atoms with Crippen LogP contribution in [0.5, 0.6) is 5.75 Å². The summed E-state index contributed by atoms with van der Waals surface area (Å²) in [6, 6.07) is 10.8. The Bertz CT molecular complexity index is 751. The minimum absolute atomic E-state index is 0.315. The third-order valence-corrected chi connectivity index (χ3v) is 6.50. The van der Waals surface area contributed by atoms with Crippen molar-refractivity contribution in [3.8, 4) is 5.75 Å². The molecule has 0 bridgehead atoms. The van der Waals surface area contributed by atoms with E-state index in [-0.39, 0.29) is 0 Å². The molecule has 1 aromatic carbocycles. The van der Waals surface area contributed by atoms with E-state index in [0.717, 1.165) is 48.9 Å². The minimum Gasteiger partial charge on any atom is -0.488 e. The van der Waals surface area contributed by atoms with Crippen LogP contribution >= 0.6 is 0 Å². The van der Waals surface area contributed by atoms with Crippen molar-refractivity contribution >= 4 is 10.9 Å². The molecular formula is C23H32N2O2. The predicted molar refractivity (Wildman–Crippen MR) is 109 cm³/mol. The van der Waals surface area contributed by atoms with E-state index in [1.165, 1.54) is 12.8 Å². The van der Waals surface area contributed by atoms with Crippen LogP contribution in [-0.2, 0) is 0 Å². The third-order valence-electron chi connectivity index (χ3n) is 6.50. The maximum Gasteiger partial charge on any atom is 0.145 e. The van der Waals surface area contributed by atoms with Gasteiger partial charge in [-0.2, -0.15) is 0 Å². The zero-order valence-electron chi connectivity index (χ0n) is 16.5. The van der Waals surface area contributed by atoms with Gasteiger partial charge < -0.3 is 15.2 Å². The molecule has 146 valence electrons. The van der Waals surface area contributed by atoms with Gasteiger partial charge in [-0.3, -0.25) is 4.98 Å². The fourth-order valence-electron chi connectivity index (χ4n) is 4.63. The molecule has 27 heavy (non-hydrogen) atoms. The Hall–Kier alpha value is -1.65. The van der Waals surface area contributed by atoms with E-state index in [1.807, 2.05) is 38.2 Å². The van der Waals surface area contributed by atoms with Gasteiger partial charge in [0.1, 0.15) is 11.3 Å². The number of fused-ring (bicyclic) bond motifs is 1. The summed E-state index contributed by atoms with van der Waals surface area (Å²) in [6.07, 6.45) is 9.01. The molecule has 2 fully saturated rings. The molecule has 0 amide bonds. The van der Waals surface area contributed by atoms with E-state index in [1.54, 1.807) is 0 Å². The highest BCUT2D eigenvalue weighted by Crippen LogP contribution is 2.35. The second-order valence-electron chi connectivity index (χ2n) is 9.02. The lowest BCUT2D eigenvalue weighted by Crippen LogP contribution is -2.44. The Labute approximate surface area is 162 Å². The molecule has 0 unspecified atom stereocenters. The van der Waals surface area contributed by atoms with Crippen LogP contribution in [0.15, 0.2) is 36.5 Å². The van der Waals surface area contributed by atoms with Crippen molar-refractivity contribution in [2.75, 3.05) is 6.54 Å². The number of aliphatic hydroxyl groups is 1. The van der Waals surface area contributed by atoms with E-state index >= 15 is 0 Å². The molecule has 0 atom stereocenters. The first-order valence-electron chi connectivity index (χ1n) is 10.4. The van der Waals surface area contributed by atoms with Gasteiger partial charge in [0.05, 0.1) is 11.7 Å². The van der Waals surface area contributed by atoms with Crippen LogP contribution in [0.3, 0.4) is 0 Å². The Morgan fingerprint density at radius 2 is 1.85 bits per heavy atom. The monoisotopic (exact) mass is 368 g/mol. The number of rotatable bonds is 6. The lowest BCUT2D eigenvalue weighted by Gasteiger charge is -2.39. The summed E-state index contributed by atoms with van der Waals surface area (Å²) >= 11 is 0. The summed E-state index contributed by atoms with van der Waals surface area (Å²) in [5, 5.41) is 15.1. The summed E-state index contributed by atoms with van der Waals surface area (Å²) in [7, 11) is 0. The molecular weight excluding hydrogens is 336 g/mol. The fraction of sp³-hybridized carbons (Fsp3) is 0.609. The first kappa shape index (κ1) is 18.7. The first-order valence-corrected chi connectivity index (χ1v) is 10.4. The highest BCUT2D eigenvalue weighted by atomic mass is 16.5. The van der Waals surface area contributed by atoms with Crippen LogP contribution in [0, 0.1) is 11.8 Å². The summed E-state index contributed by atoms with van der Waals surface area (Å²) < 4.78 is 6.22. The molecule has 0 spiro atoms. The van der Waals surface area contributed by atoms with Gasteiger partial charge in [-0.25, -0.2) is 0 Å². The molecule has 0 saturated heterocycles. The minimum atomic E-state index is -0.528. The lowest BCUT2D eigenvalue weighted by atomic mass is 9.76. The normalized spacial score (nSPS) is 28.7. The summed E-state index contributed by atoms with van der Waals surface area (Å²) in [4.78, 5) is 4.48. The molecule has 0 radical (unpaired) electrons. The lowest BCUT2D eigenvalue weighted by molar-refractivity contribution is -0.00385. The van der Waals surface area contributed by atoms with Crippen molar-refractivity contribution in [3.63, 3.8) is 0 Å². The van der Waals surface area contributed by atoms with Crippen LogP contribution in [0.2, 0.25) is 0 Å². The first-order chi connectivity index (χ1) is 13.0. The number of nitrogens with one attached hydrogen (secondary N) is 1. The van der Waals surface area contributed by atoms with Gasteiger partial charge in [0, 0.05) is 17.6 Å². The Morgan fingerprint density at radius 1 is 1.11 bits per heavy atom. The average Bonchev–Trinajstić information content (AvgIpc) is 2.63. The smallest absolute Gasteiger partial charge is 0.145 e. The van der Waals surface area contributed by atoms with E-state index in [4.69, 9.17) is 4.74 Å². The summed E-state index contributed by atoms with van der Waals surface area (Å²) in [5.41, 5.74) is 0.435. The highest BCUT2D eigenvalue weighted by Gasteiger charge is 2.34. The zero-order valence-corrected chi connectivity index (χ0v) is 16.5. The molecule has 4 rings (SSSR count). The van der Waals surface area contributed by atoms with E-state index in [9.17, 15) is 5.11 Å². The molecule has 1 aromatic heterocycles. The fourth-order valence-corrected chi connectivity index (χ4v) is 4.63. The molecule has 4 heteroatoms. The van der Waals surface area contributed by atoms with Crippen molar-refractivity contribution in [1.82, 2.24) is 10.3 Å². The van der Waals surface area contributed by atoms with Gasteiger partial charge in [0.25, 0.3) is 0 Å². The van der Waals surface area contributed by atoms with Gasteiger partial charge >= 0.3 is 0 Å². The van der Waals surface area contributed by atoms with Crippen LogP contribution in [-0.4, -0.2) is 34.4 Å². The van der Waals surface area contributed by atoms with E-state index in [2.05, 4.69) is 22.4 Å². The second kappa shape index (κ2) is 7.76. The molecule has 2 aliphatic rings. The number of para-hydroxylation sites is 1. The highest BCUT2D eigenvalue weighted by molar-refractivity contribution is 5.84. The SMILES string of the molecule is CC(C)(O)C1CCC(NCC2CC(Oc3cccc4cccnc34)C2)CC1. The molecule has 2 aliphatic carbocycles. The van der Waals surface area contributed by atoms with Crippen LogP contribution in [0.1, 0.15) is 52.4 Å². The van der Waals surface area contributed by atoms with Crippen molar-refractivity contribution in [3.05, 3.63) is 36.5 Å². The molecule has 4 nitrogen and oxygen atoms in total. The van der Waals surface area contributed by atoms with Crippen molar-refractivity contribution in [2.24, 2.45) is 11.8 Å². The Kier molecular flexibility index (Phi) is 5.38. The molecule has 2 N–H and O–H groups in total. The van der Waals surface area contributed by atoms with Crippen LogP contribution in [0.4, 0.5) is 0 Å². The molecule has 1 heterocycles. The maximum absolute atomic E-state index is 10.2. The number of hydrogen-bond acceptors (Lipinski definition) is 4. The number of pyridine rings is 1. The van der Waals surface area contributed by atoms with Crippen LogP contribution in [0.25, 0.3) is 10.9 Å². The standard InChI is InChI=1S/C23H32N2O2/c1-23(2,26)18-8-10-19(11-9-18)25-15-16-13-20(14-16)27-21-7-3-5-17-6-4-12-24-22(17)21/h3-7,12,16,18-20,25-26H,8-11,13-15H2,1-2H3. The molecule has 0 aliphatic heterocycles. The number of benzene rings is 1. The van der Waals surface area contributed by atoms with Gasteiger partial charge in [-0.05, 0) is 82.9 Å². The maximum atomic E-state index is 10.2. The predicted octanol–water partition coefficient (Wildman–Crippen LogP) is 4.31. The number of aromatic nitrogens is 1. The number of ether oxygens (including phenoxy) is 1. The molecule has 2 saturated carbocycles. The van der Waals surface area contributed by atoms with Crippen molar-refractivity contribution in [2.45, 2.75) is 70.1 Å². The summed E-state index contributed by atoms with van der Waals surface area (Å²) in [6.45, 7) is 4.99. The van der Waals surface area contributed by atoms with E-state index in [0.29, 0.717) is 24.0 Å². The number of nitrogens with zero attached hydrogens (tertiary/aromatic N) is 1. The summed E-state index contributed by atoms with van der Waals surface area (Å²) in [5.74, 6) is 2.07. The van der Waals surface area contributed by atoms with E-state index < -0.39 is 5.60 Å². The third kappa shape index (κ3) is 4.44. The van der Waals surface area contributed by atoms with Crippen molar-refractivity contribution in [1.29, 1.82) is 0 Å². The zero-order chi connectivity index (χ0) is 18.9. The molecule has 2 aromatic rings. The van der Waals surface area contributed by atoms with Crippen LogP contribution < -0.4 is 10.1 Å². The number of hydrogen-bond donors (Lipinski definition) is 2. The van der Waals surface area contributed by atoms with Gasteiger partial charge in [0.2, 0.25) is 0 Å². The second-order valence-corrected chi connectivity index (χ2v) is 9.02. The quantitative estimate of drug-likeness (QED) is 0.798. The Balaban J connectivity index is 1.20. The van der Waals surface area contributed by atoms with Gasteiger partial charge in [0.15, 0.2) is 0 Å². The topological polar surface area (TPSA) is 54.4 Å². The average molecular weight is 369 g/mol.